The Hall–Kier alpha value is -2.82. The second-order valence-corrected chi connectivity index (χ2v) is 4.64. The smallest absolute Gasteiger partial charge is 0.153 e. The van der Waals surface area contributed by atoms with Crippen LogP contribution in [0.5, 0.6) is 0 Å². The molecule has 104 valence electrons. The number of halogens is 1. The van der Waals surface area contributed by atoms with E-state index in [-0.39, 0.29) is 5.82 Å². The number of hydrogen-bond donors (Lipinski definition) is 0. The van der Waals surface area contributed by atoms with Crippen LogP contribution in [0.25, 0.3) is 17.1 Å². The Morgan fingerprint density at radius 3 is 2.76 bits per heavy atom. The molecule has 0 amide bonds. The summed E-state index contributed by atoms with van der Waals surface area (Å²) in [7, 11) is 0. The first-order valence-corrected chi connectivity index (χ1v) is 6.42. The van der Waals surface area contributed by atoms with Crippen molar-refractivity contribution in [2.45, 2.75) is 6.92 Å². The summed E-state index contributed by atoms with van der Waals surface area (Å²) in [6.45, 7) is 1.78. The summed E-state index contributed by atoms with van der Waals surface area (Å²) in [5.74, 6) is 0.305. The van der Waals surface area contributed by atoms with Crippen molar-refractivity contribution in [1.29, 1.82) is 0 Å². The van der Waals surface area contributed by atoms with Crippen molar-refractivity contribution in [1.82, 2.24) is 14.8 Å². The molecule has 0 unspecified atom stereocenters. The van der Waals surface area contributed by atoms with E-state index in [2.05, 4.69) is 10.1 Å². The fraction of sp³-hybridized carbons (Fsp3) is 0.0625. The van der Waals surface area contributed by atoms with Crippen LogP contribution in [-0.2, 0) is 0 Å². The minimum atomic E-state index is -0.312. The standard InChI is InChI=1S/C16H12FN3O/c1-11-8-13(17)5-6-14(11)16-12(10-21)9-20(19-16)15-4-2-3-7-18-15/h2-10H,1H3. The third kappa shape index (κ3) is 2.45. The van der Waals surface area contributed by atoms with Gasteiger partial charge in [-0.25, -0.2) is 14.1 Å². The van der Waals surface area contributed by atoms with Gasteiger partial charge >= 0.3 is 0 Å². The molecule has 4 nitrogen and oxygen atoms in total. The molecule has 3 aromatic rings. The predicted molar refractivity (Wildman–Crippen MR) is 76.9 cm³/mol. The van der Waals surface area contributed by atoms with Crippen LogP contribution in [0.4, 0.5) is 4.39 Å². The predicted octanol–water partition coefficient (Wildman–Crippen LogP) is 3.19. The summed E-state index contributed by atoms with van der Waals surface area (Å²) in [6, 6.07) is 9.85. The molecular weight excluding hydrogens is 269 g/mol. The third-order valence-corrected chi connectivity index (χ3v) is 3.20. The van der Waals surface area contributed by atoms with Gasteiger partial charge in [0.2, 0.25) is 0 Å². The van der Waals surface area contributed by atoms with Crippen molar-refractivity contribution in [2.75, 3.05) is 0 Å². The molecule has 1 aromatic carbocycles. The first kappa shape index (κ1) is 13.2. The van der Waals surface area contributed by atoms with Crippen LogP contribution in [0.1, 0.15) is 15.9 Å². The zero-order valence-electron chi connectivity index (χ0n) is 11.3. The van der Waals surface area contributed by atoms with Crippen LogP contribution in [0.15, 0.2) is 48.8 Å². The van der Waals surface area contributed by atoms with Gasteiger partial charge in [0, 0.05) is 18.0 Å². The molecule has 5 heteroatoms. The minimum absolute atomic E-state index is 0.312. The molecule has 0 saturated heterocycles. The van der Waals surface area contributed by atoms with Crippen LogP contribution in [0.3, 0.4) is 0 Å². The Kier molecular flexibility index (Phi) is 3.31. The van der Waals surface area contributed by atoms with Gasteiger partial charge in [-0.2, -0.15) is 5.10 Å². The number of benzene rings is 1. The number of carbonyl (C=O) groups excluding carboxylic acids is 1. The zero-order valence-corrected chi connectivity index (χ0v) is 11.3. The highest BCUT2D eigenvalue weighted by atomic mass is 19.1. The summed E-state index contributed by atoms with van der Waals surface area (Å²) in [6.07, 6.45) is 4.01. The van der Waals surface area contributed by atoms with Gasteiger partial charge in [-0.15, -0.1) is 0 Å². The molecule has 0 radical (unpaired) electrons. The molecule has 2 aromatic heterocycles. The maximum absolute atomic E-state index is 13.2. The number of carbonyl (C=O) groups is 1. The first-order chi connectivity index (χ1) is 10.2. The maximum Gasteiger partial charge on any atom is 0.153 e. The van der Waals surface area contributed by atoms with Gasteiger partial charge < -0.3 is 0 Å². The lowest BCUT2D eigenvalue weighted by molar-refractivity contribution is 0.112. The molecule has 0 atom stereocenters. The summed E-state index contributed by atoms with van der Waals surface area (Å²) in [5.41, 5.74) is 2.42. The SMILES string of the molecule is Cc1cc(F)ccc1-c1nn(-c2ccccn2)cc1C=O. The summed E-state index contributed by atoms with van der Waals surface area (Å²) >= 11 is 0. The monoisotopic (exact) mass is 281 g/mol. The fourth-order valence-electron chi connectivity index (χ4n) is 2.18. The van der Waals surface area contributed by atoms with E-state index in [0.717, 1.165) is 17.4 Å². The molecule has 0 N–H and O–H groups in total. The first-order valence-electron chi connectivity index (χ1n) is 6.42. The van der Waals surface area contributed by atoms with Gasteiger partial charge in [0.1, 0.15) is 11.5 Å². The highest BCUT2D eigenvalue weighted by Crippen LogP contribution is 2.26. The maximum atomic E-state index is 13.2. The average molecular weight is 281 g/mol. The van der Waals surface area contributed by atoms with Crippen LogP contribution < -0.4 is 0 Å². The van der Waals surface area contributed by atoms with Crippen molar-refractivity contribution in [3.8, 4) is 17.1 Å². The molecule has 2 heterocycles. The van der Waals surface area contributed by atoms with Crippen molar-refractivity contribution in [2.24, 2.45) is 0 Å². The Balaban J connectivity index is 2.15. The van der Waals surface area contributed by atoms with E-state index in [1.54, 1.807) is 42.2 Å². The highest BCUT2D eigenvalue weighted by Gasteiger charge is 2.14. The minimum Gasteiger partial charge on any atom is -0.298 e. The molecule has 0 spiro atoms. The zero-order chi connectivity index (χ0) is 14.8. The lowest BCUT2D eigenvalue weighted by Gasteiger charge is -2.03. The topological polar surface area (TPSA) is 47.8 Å². The molecule has 3 rings (SSSR count). The molecule has 21 heavy (non-hydrogen) atoms. The van der Waals surface area contributed by atoms with Crippen molar-refractivity contribution in [3.05, 3.63) is 65.7 Å². The number of hydrogen-bond acceptors (Lipinski definition) is 3. The normalized spacial score (nSPS) is 10.6. The van der Waals surface area contributed by atoms with Gasteiger partial charge in [0.15, 0.2) is 12.1 Å². The Morgan fingerprint density at radius 2 is 2.10 bits per heavy atom. The lowest BCUT2D eigenvalue weighted by atomic mass is 10.0. The van der Waals surface area contributed by atoms with E-state index in [9.17, 15) is 9.18 Å². The molecule has 0 aliphatic heterocycles. The van der Waals surface area contributed by atoms with Crippen molar-refractivity contribution >= 4 is 6.29 Å². The second kappa shape index (κ2) is 5.28. The van der Waals surface area contributed by atoms with Crippen LogP contribution in [0, 0.1) is 12.7 Å². The third-order valence-electron chi connectivity index (χ3n) is 3.20. The molecule has 0 fully saturated rings. The largest absolute Gasteiger partial charge is 0.298 e. The molecule has 0 aliphatic rings. The van der Waals surface area contributed by atoms with Crippen molar-refractivity contribution in [3.63, 3.8) is 0 Å². The van der Waals surface area contributed by atoms with Gasteiger partial charge in [-0.3, -0.25) is 4.79 Å². The summed E-state index contributed by atoms with van der Waals surface area (Å²) in [4.78, 5) is 15.5. The van der Waals surface area contributed by atoms with Crippen molar-refractivity contribution < 1.29 is 9.18 Å². The number of aryl methyl sites for hydroxylation is 1. The van der Waals surface area contributed by atoms with Gasteiger partial charge in [-0.05, 0) is 42.8 Å². The number of nitrogens with zero attached hydrogens (tertiary/aromatic N) is 3. The van der Waals surface area contributed by atoms with E-state index in [1.807, 2.05) is 6.07 Å². The number of aromatic nitrogens is 3. The van der Waals surface area contributed by atoms with E-state index in [0.29, 0.717) is 17.1 Å². The van der Waals surface area contributed by atoms with E-state index in [4.69, 9.17) is 0 Å². The Bertz CT molecular complexity index is 797. The van der Waals surface area contributed by atoms with E-state index in [1.165, 1.54) is 12.1 Å². The molecule has 0 aliphatic carbocycles. The Labute approximate surface area is 120 Å². The fourth-order valence-corrected chi connectivity index (χ4v) is 2.18. The second-order valence-electron chi connectivity index (χ2n) is 4.64. The average Bonchev–Trinajstić information content (AvgIpc) is 2.92. The van der Waals surface area contributed by atoms with Gasteiger partial charge in [0.25, 0.3) is 0 Å². The van der Waals surface area contributed by atoms with E-state index < -0.39 is 0 Å². The molecule has 0 saturated carbocycles. The number of pyridine rings is 1. The summed E-state index contributed by atoms with van der Waals surface area (Å²) in [5, 5.41) is 4.41. The highest BCUT2D eigenvalue weighted by molar-refractivity contribution is 5.86. The van der Waals surface area contributed by atoms with Crippen LogP contribution in [0.2, 0.25) is 0 Å². The lowest BCUT2D eigenvalue weighted by Crippen LogP contribution is -1.97. The summed E-state index contributed by atoms with van der Waals surface area (Å²) < 4.78 is 14.8. The Morgan fingerprint density at radius 1 is 1.24 bits per heavy atom. The van der Waals surface area contributed by atoms with Gasteiger partial charge in [0.05, 0.1) is 5.56 Å². The van der Waals surface area contributed by atoms with Crippen LogP contribution in [-0.4, -0.2) is 21.1 Å². The van der Waals surface area contributed by atoms with E-state index >= 15 is 0 Å². The molecule has 0 bridgehead atoms. The molecular formula is C16H12FN3O. The number of rotatable bonds is 3. The van der Waals surface area contributed by atoms with Crippen LogP contribution >= 0.6 is 0 Å². The van der Waals surface area contributed by atoms with Gasteiger partial charge in [-0.1, -0.05) is 6.07 Å². The quantitative estimate of drug-likeness (QED) is 0.693. The number of aldehydes is 1.